The molecule has 2 aliphatic rings. The second-order valence-corrected chi connectivity index (χ2v) is 9.37. The molecular formula is C21H15Cl2F3N2O3S. The van der Waals surface area contributed by atoms with Gasteiger partial charge in [-0.25, -0.2) is 0 Å². The van der Waals surface area contributed by atoms with Crippen LogP contribution in [0.4, 0.5) is 13.2 Å². The number of hydrogen-bond donors (Lipinski definition) is 1. The van der Waals surface area contributed by atoms with Crippen LogP contribution in [0.25, 0.3) is 0 Å². The van der Waals surface area contributed by atoms with Crippen LogP contribution in [0.2, 0.25) is 10.0 Å². The highest BCUT2D eigenvalue weighted by Crippen LogP contribution is 2.49. The van der Waals surface area contributed by atoms with Crippen molar-refractivity contribution in [1.29, 1.82) is 0 Å². The number of alkyl halides is 3. The first-order valence-electron chi connectivity index (χ1n) is 9.37. The lowest BCUT2D eigenvalue weighted by atomic mass is 9.86. The summed E-state index contributed by atoms with van der Waals surface area (Å²) in [6.45, 7) is 1.65. The summed E-state index contributed by atoms with van der Waals surface area (Å²) in [5.74, 6) is 0.0959. The van der Waals surface area contributed by atoms with E-state index in [9.17, 15) is 22.8 Å². The fourth-order valence-electron chi connectivity index (χ4n) is 3.51. The summed E-state index contributed by atoms with van der Waals surface area (Å²) >= 11 is 13.0. The Kier molecular flexibility index (Phi) is 5.94. The van der Waals surface area contributed by atoms with Gasteiger partial charge in [-0.05, 0) is 48.4 Å². The molecule has 2 aliphatic heterocycles. The van der Waals surface area contributed by atoms with Crippen LogP contribution >= 0.6 is 35.0 Å². The van der Waals surface area contributed by atoms with Crippen molar-refractivity contribution < 1.29 is 27.6 Å². The van der Waals surface area contributed by atoms with E-state index in [2.05, 4.69) is 10.5 Å². The molecule has 1 N–H and O–H groups in total. The highest BCUT2D eigenvalue weighted by atomic mass is 35.5. The fourth-order valence-corrected chi connectivity index (χ4v) is 4.65. The number of rotatable bonds is 4. The van der Waals surface area contributed by atoms with E-state index in [1.165, 1.54) is 18.2 Å². The molecule has 0 bridgehead atoms. The highest BCUT2D eigenvalue weighted by Gasteiger charge is 2.62. The Morgan fingerprint density at radius 3 is 2.44 bits per heavy atom. The molecule has 5 nitrogen and oxygen atoms in total. The fraction of sp³-hybridized carbons (Fsp3) is 0.286. The Morgan fingerprint density at radius 1 is 1.22 bits per heavy atom. The molecule has 0 aromatic heterocycles. The van der Waals surface area contributed by atoms with Crippen LogP contribution in [0.3, 0.4) is 0 Å². The lowest BCUT2D eigenvalue weighted by Crippen LogP contribution is -2.47. The molecule has 2 heterocycles. The first kappa shape index (κ1) is 22.9. The van der Waals surface area contributed by atoms with Crippen molar-refractivity contribution in [2.45, 2.75) is 31.2 Å². The number of amides is 1. The van der Waals surface area contributed by atoms with E-state index in [1.807, 2.05) is 0 Å². The predicted molar refractivity (Wildman–Crippen MR) is 116 cm³/mol. The summed E-state index contributed by atoms with van der Waals surface area (Å²) < 4.78 is 42.4. The van der Waals surface area contributed by atoms with E-state index in [4.69, 9.17) is 28.0 Å². The molecule has 168 valence electrons. The molecule has 0 spiro atoms. The largest absolute Gasteiger partial charge is 0.435 e. The minimum Gasteiger partial charge on any atom is -0.374 e. The van der Waals surface area contributed by atoms with Crippen LogP contribution in [0, 0.1) is 6.92 Å². The van der Waals surface area contributed by atoms with Gasteiger partial charge in [0.05, 0.1) is 5.71 Å². The molecule has 2 atom stereocenters. The third-order valence-corrected chi connectivity index (χ3v) is 6.81. The first-order chi connectivity index (χ1) is 15.0. The summed E-state index contributed by atoms with van der Waals surface area (Å²) in [6, 6.07) is 7.66. The van der Waals surface area contributed by atoms with E-state index in [-0.39, 0.29) is 26.4 Å². The predicted octanol–water partition coefficient (Wildman–Crippen LogP) is 5.26. The normalized spacial score (nSPS) is 22.8. The Balaban J connectivity index is 1.60. The highest BCUT2D eigenvalue weighted by molar-refractivity contribution is 8.16. The van der Waals surface area contributed by atoms with Gasteiger partial charge in [-0.1, -0.05) is 46.2 Å². The first-order valence-corrected chi connectivity index (χ1v) is 11.1. The quantitative estimate of drug-likeness (QED) is 0.619. The monoisotopic (exact) mass is 502 g/mol. The second kappa shape index (κ2) is 8.28. The summed E-state index contributed by atoms with van der Waals surface area (Å²) in [4.78, 5) is 28.8. The van der Waals surface area contributed by atoms with Crippen molar-refractivity contribution in [3.63, 3.8) is 0 Å². The van der Waals surface area contributed by atoms with Gasteiger partial charge in [-0.2, -0.15) is 13.2 Å². The molecular weight excluding hydrogens is 488 g/mol. The Hall–Kier alpha value is -2.23. The van der Waals surface area contributed by atoms with Gasteiger partial charge in [0, 0.05) is 33.3 Å². The number of halogens is 5. The maximum Gasteiger partial charge on any atom is 0.435 e. The zero-order chi connectivity index (χ0) is 23.3. The van der Waals surface area contributed by atoms with Crippen molar-refractivity contribution >= 4 is 51.7 Å². The van der Waals surface area contributed by atoms with Crippen LogP contribution in [-0.4, -0.2) is 34.7 Å². The average Bonchev–Trinajstić information content (AvgIpc) is 3.17. The van der Waals surface area contributed by atoms with E-state index in [0.29, 0.717) is 22.4 Å². The number of aryl methyl sites for hydroxylation is 1. The van der Waals surface area contributed by atoms with Crippen LogP contribution in [0.5, 0.6) is 0 Å². The standard InChI is InChI=1S/C21H15Cl2F3N2O3S/c1-10-4-11(2-3-15(10)18(29)27-17-9-32-19(17)30)16-8-20(31-28-16,21(24,25)26)12-5-13(22)7-14(23)6-12/h2-7,17H,8-9H2,1H3,(H,27,29). The summed E-state index contributed by atoms with van der Waals surface area (Å²) in [5, 5.41) is 6.35. The summed E-state index contributed by atoms with van der Waals surface area (Å²) in [6.07, 6.45) is -5.39. The van der Waals surface area contributed by atoms with Gasteiger partial charge in [0.25, 0.3) is 11.5 Å². The van der Waals surface area contributed by atoms with Crippen molar-refractivity contribution in [3.8, 4) is 0 Å². The molecule has 0 saturated carbocycles. The number of nitrogens with zero attached hydrogens (tertiary/aromatic N) is 1. The Morgan fingerprint density at radius 2 is 1.91 bits per heavy atom. The number of carbonyl (C=O) groups excluding carboxylic acids is 2. The van der Waals surface area contributed by atoms with E-state index < -0.39 is 30.1 Å². The van der Waals surface area contributed by atoms with Crippen LogP contribution in [0.1, 0.15) is 33.5 Å². The van der Waals surface area contributed by atoms with E-state index in [1.54, 1.807) is 13.0 Å². The maximum absolute atomic E-state index is 14.1. The molecule has 4 rings (SSSR count). The number of carbonyl (C=O) groups is 2. The molecule has 1 fully saturated rings. The van der Waals surface area contributed by atoms with Crippen molar-refractivity contribution in [3.05, 3.63) is 68.7 Å². The van der Waals surface area contributed by atoms with Crippen molar-refractivity contribution in [1.82, 2.24) is 5.32 Å². The lowest BCUT2D eigenvalue weighted by molar-refractivity contribution is -0.275. The van der Waals surface area contributed by atoms with Gasteiger partial charge < -0.3 is 10.2 Å². The van der Waals surface area contributed by atoms with Gasteiger partial charge in [0.1, 0.15) is 6.04 Å². The lowest BCUT2D eigenvalue weighted by Gasteiger charge is -2.29. The molecule has 32 heavy (non-hydrogen) atoms. The van der Waals surface area contributed by atoms with Crippen LogP contribution < -0.4 is 5.32 Å². The molecule has 2 aromatic carbocycles. The Labute approximate surface area is 195 Å². The molecule has 0 radical (unpaired) electrons. The van der Waals surface area contributed by atoms with Gasteiger partial charge >= 0.3 is 6.18 Å². The van der Waals surface area contributed by atoms with Gasteiger partial charge in [0.2, 0.25) is 5.12 Å². The minimum atomic E-state index is -4.80. The smallest absolute Gasteiger partial charge is 0.374 e. The van der Waals surface area contributed by atoms with Crippen molar-refractivity contribution in [2.75, 3.05) is 5.75 Å². The zero-order valence-electron chi connectivity index (χ0n) is 16.4. The SMILES string of the molecule is Cc1cc(C2=NOC(c3cc(Cl)cc(Cl)c3)(C(F)(F)F)C2)ccc1C(=O)NC1CSC1=O. The molecule has 0 aliphatic carbocycles. The Bertz CT molecular complexity index is 1140. The minimum absolute atomic E-state index is 0.0442. The van der Waals surface area contributed by atoms with Gasteiger partial charge in [0.15, 0.2) is 0 Å². The van der Waals surface area contributed by atoms with Gasteiger partial charge in [-0.15, -0.1) is 0 Å². The molecule has 2 aromatic rings. The molecule has 1 amide bonds. The topological polar surface area (TPSA) is 67.8 Å². The number of hydrogen-bond acceptors (Lipinski definition) is 5. The van der Waals surface area contributed by atoms with E-state index in [0.717, 1.165) is 23.9 Å². The third-order valence-electron chi connectivity index (χ3n) is 5.30. The average molecular weight is 503 g/mol. The number of oxime groups is 1. The van der Waals surface area contributed by atoms with E-state index >= 15 is 0 Å². The summed E-state index contributed by atoms with van der Waals surface area (Å²) in [5.41, 5.74) is -1.69. The number of benzene rings is 2. The molecule has 2 unspecified atom stereocenters. The van der Waals surface area contributed by atoms with Crippen LogP contribution in [-0.2, 0) is 15.2 Å². The number of thioether (sulfide) groups is 1. The zero-order valence-corrected chi connectivity index (χ0v) is 18.8. The summed E-state index contributed by atoms with van der Waals surface area (Å²) in [7, 11) is 0. The number of nitrogens with one attached hydrogen (secondary N) is 1. The molecule has 11 heteroatoms. The third kappa shape index (κ3) is 4.09. The van der Waals surface area contributed by atoms with Crippen molar-refractivity contribution in [2.24, 2.45) is 5.16 Å². The van der Waals surface area contributed by atoms with Crippen LogP contribution in [0.15, 0.2) is 41.6 Å². The van der Waals surface area contributed by atoms with Gasteiger partial charge in [-0.3, -0.25) is 9.59 Å². The molecule has 1 saturated heterocycles. The second-order valence-electron chi connectivity index (χ2n) is 7.47. The maximum atomic E-state index is 14.1.